The molecule has 0 bridgehead atoms. The molecular formula is C16H26N4OS. The van der Waals surface area contributed by atoms with Gasteiger partial charge in [-0.15, -0.1) is 0 Å². The van der Waals surface area contributed by atoms with E-state index in [1.807, 2.05) is 22.9 Å². The number of hydrogen-bond acceptors (Lipinski definition) is 3. The van der Waals surface area contributed by atoms with Crippen molar-refractivity contribution in [1.82, 2.24) is 20.2 Å². The summed E-state index contributed by atoms with van der Waals surface area (Å²) < 4.78 is 0. The molecule has 1 aromatic heterocycles. The summed E-state index contributed by atoms with van der Waals surface area (Å²) in [5, 5.41) is 3.98. The van der Waals surface area contributed by atoms with Crippen LogP contribution in [0.15, 0.2) is 12.4 Å². The number of likely N-dealkylation sites (tertiary alicyclic amines) is 1. The van der Waals surface area contributed by atoms with Crippen LogP contribution in [0.1, 0.15) is 57.3 Å². The number of piperidine rings is 1. The van der Waals surface area contributed by atoms with Gasteiger partial charge in [-0.3, -0.25) is 0 Å². The van der Waals surface area contributed by atoms with Crippen molar-refractivity contribution in [2.45, 2.75) is 62.8 Å². The number of urea groups is 1. The van der Waals surface area contributed by atoms with Crippen LogP contribution in [0.2, 0.25) is 0 Å². The second kappa shape index (κ2) is 7.40. The van der Waals surface area contributed by atoms with Crippen molar-refractivity contribution in [1.29, 1.82) is 0 Å². The molecule has 1 aliphatic carbocycles. The molecule has 1 aliphatic heterocycles. The van der Waals surface area contributed by atoms with Gasteiger partial charge in [-0.25, -0.2) is 9.78 Å². The Kier molecular flexibility index (Phi) is 5.28. The fourth-order valence-electron chi connectivity index (χ4n) is 3.63. The van der Waals surface area contributed by atoms with E-state index in [0.717, 1.165) is 55.5 Å². The highest BCUT2D eigenvalue weighted by Crippen LogP contribution is 2.31. The Morgan fingerprint density at radius 3 is 3.14 bits per heavy atom. The normalized spacial score (nSPS) is 28.8. The first kappa shape index (κ1) is 15.7. The van der Waals surface area contributed by atoms with Crippen molar-refractivity contribution in [3.05, 3.63) is 18.2 Å². The quantitative estimate of drug-likeness (QED) is 0.894. The summed E-state index contributed by atoms with van der Waals surface area (Å²) in [4.78, 5) is 22.2. The number of carbonyl (C=O) groups is 1. The van der Waals surface area contributed by atoms with Crippen molar-refractivity contribution in [2.75, 3.05) is 12.3 Å². The van der Waals surface area contributed by atoms with E-state index in [0.29, 0.717) is 6.04 Å². The highest BCUT2D eigenvalue weighted by atomic mass is 32.2. The van der Waals surface area contributed by atoms with Crippen LogP contribution in [-0.2, 0) is 0 Å². The lowest BCUT2D eigenvalue weighted by Crippen LogP contribution is -2.47. The number of carbonyl (C=O) groups excluding carboxylic acids is 1. The SMILES string of the molecule is CCS[C@@H]1CC[C@@H](NC(=O)N2CCCC[C@H]2c2ncc[nH]2)C1. The average molecular weight is 322 g/mol. The maximum Gasteiger partial charge on any atom is 0.318 e. The molecule has 22 heavy (non-hydrogen) atoms. The number of thioether (sulfide) groups is 1. The summed E-state index contributed by atoms with van der Waals surface area (Å²) in [6, 6.07) is 0.537. The first-order chi connectivity index (χ1) is 10.8. The van der Waals surface area contributed by atoms with Crippen LogP contribution in [0.5, 0.6) is 0 Å². The molecular weight excluding hydrogens is 296 g/mol. The van der Waals surface area contributed by atoms with Crippen LogP contribution in [-0.4, -0.2) is 44.5 Å². The predicted octanol–water partition coefficient (Wildman–Crippen LogP) is 3.32. The van der Waals surface area contributed by atoms with Gasteiger partial charge in [0.15, 0.2) is 0 Å². The predicted molar refractivity (Wildman–Crippen MR) is 90.0 cm³/mol. The molecule has 1 saturated carbocycles. The molecule has 2 N–H and O–H groups in total. The standard InChI is InChI=1S/C16H26N4OS/c1-2-22-13-7-6-12(11-13)19-16(21)20-10-4-3-5-14(20)15-17-8-9-18-15/h8-9,12-14H,2-7,10-11H2,1H3,(H,17,18)(H,19,21)/t12-,13-,14+/m1/s1. The van der Waals surface area contributed by atoms with Gasteiger partial charge in [0.25, 0.3) is 0 Å². The second-order valence-electron chi connectivity index (χ2n) is 6.22. The van der Waals surface area contributed by atoms with E-state index < -0.39 is 0 Å². The topological polar surface area (TPSA) is 61.0 Å². The fraction of sp³-hybridized carbons (Fsp3) is 0.750. The zero-order valence-corrected chi connectivity index (χ0v) is 14.1. The minimum atomic E-state index is 0.0910. The van der Waals surface area contributed by atoms with Crippen molar-refractivity contribution in [3.8, 4) is 0 Å². The molecule has 3 atom stereocenters. The van der Waals surface area contributed by atoms with E-state index in [-0.39, 0.29) is 12.1 Å². The van der Waals surface area contributed by atoms with E-state index in [1.165, 1.54) is 6.42 Å². The molecule has 0 radical (unpaired) electrons. The average Bonchev–Trinajstić information content (AvgIpc) is 3.19. The Labute approximate surface area is 136 Å². The van der Waals surface area contributed by atoms with Crippen molar-refractivity contribution >= 4 is 17.8 Å². The summed E-state index contributed by atoms with van der Waals surface area (Å²) in [5.41, 5.74) is 0. The molecule has 0 aromatic carbocycles. The molecule has 2 fully saturated rings. The van der Waals surface area contributed by atoms with Gasteiger partial charge in [-0.2, -0.15) is 11.8 Å². The van der Waals surface area contributed by atoms with E-state index in [1.54, 1.807) is 6.20 Å². The van der Waals surface area contributed by atoms with Gasteiger partial charge in [-0.05, 0) is 44.3 Å². The number of nitrogens with one attached hydrogen (secondary N) is 2. The number of H-pyrrole nitrogens is 1. The number of hydrogen-bond donors (Lipinski definition) is 2. The Morgan fingerprint density at radius 1 is 1.45 bits per heavy atom. The van der Waals surface area contributed by atoms with E-state index >= 15 is 0 Å². The van der Waals surface area contributed by atoms with Crippen LogP contribution >= 0.6 is 11.8 Å². The second-order valence-corrected chi connectivity index (χ2v) is 7.79. The molecule has 0 unspecified atom stereocenters. The van der Waals surface area contributed by atoms with Crippen molar-refractivity contribution in [3.63, 3.8) is 0 Å². The Hall–Kier alpha value is -1.17. The summed E-state index contributed by atoms with van der Waals surface area (Å²) in [5.74, 6) is 2.08. The highest BCUT2D eigenvalue weighted by Gasteiger charge is 2.32. The van der Waals surface area contributed by atoms with Crippen molar-refractivity contribution in [2.24, 2.45) is 0 Å². The third kappa shape index (κ3) is 3.59. The Balaban J connectivity index is 1.58. The van der Waals surface area contributed by atoms with E-state index in [9.17, 15) is 4.79 Å². The van der Waals surface area contributed by atoms with Crippen LogP contribution in [0, 0.1) is 0 Å². The number of amides is 2. The minimum absolute atomic E-state index is 0.0910. The molecule has 1 aromatic rings. The monoisotopic (exact) mass is 322 g/mol. The lowest BCUT2D eigenvalue weighted by molar-refractivity contribution is 0.145. The Morgan fingerprint density at radius 2 is 2.36 bits per heavy atom. The van der Waals surface area contributed by atoms with Gasteiger partial charge in [0.05, 0.1) is 6.04 Å². The van der Waals surface area contributed by atoms with Crippen molar-refractivity contribution < 1.29 is 4.79 Å². The highest BCUT2D eigenvalue weighted by molar-refractivity contribution is 7.99. The molecule has 3 rings (SSSR count). The zero-order valence-electron chi connectivity index (χ0n) is 13.3. The van der Waals surface area contributed by atoms with Gasteiger partial charge in [0.1, 0.15) is 5.82 Å². The van der Waals surface area contributed by atoms with Crippen LogP contribution in [0.25, 0.3) is 0 Å². The fourth-order valence-corrected chi connectivity index (χ4v) is 4.78. The molecule has 5 nitrogen and oxygen atoms in total. The van der Waals surface area contributed by atoms with Gasteiger partial charge in [0, 0.05) is 30.2 Å². The van der Waals surface area contributed by atoms with E-state index in [4.69, 9.17) is 0 Å². The molecule has 2 amide bonds. The lowest BCUT2D eigenvalue weighted by atomic mass is 10.0. The smallest absolute Gasteiger partial charge is 0.318 e. The molecule has 122 valence electrons. The lowest BCUT2D eigenvalue weighted by Gasteiger charge is -2.35. The summed E-state index contributed by atoms with van der Waals surface area (Å²) >= 11 is 2.02. The first-order valence-corrected chi connectivity index (χ1v) is 9.50. The third-order valence-corrected chi connectivity index (χ3v) is 5.95. The number of imidazole rings is 1. The molecule has 2 aliphatic rings. The summed E-state index contributed by atoms with van der Waals surface area (Å²) in [6.45, 7) is 3.04. The molecule has 6 heteroatoms. The zero-order chi connectivity index (χ0) is 15.4. The number of aromatic amines is 1. The van der Waals surface area contributed by atoms with Gasteiger partial charge in [0.2, 0.25) is 0 Å². The van der Waals surface area contributed by atoms with Crippen LogP contribution in [0.3, 0.4) is 0 Å². The van der Waals surface area contributed by atoms with Gasteiger partial charge in [-0.1, -0.05) is 6.92 Å². The summed E-state index contributed by atoms with van der Waals surface area (Å²) in [6.07, 6.45) is 10.3. The van der Waals surface area contributed by atoms with Gasteiger partial charge >= 0.3 is 6.03 Å². The van der Waals surface area contributed by atoms with Crippen LogP contribution < -0.4 is 5.32 Å². The third-order valence-electron chi connectivity index (χ3n) is 4.71. The Bertz CT molecular complexity index is 479. The summed E-state index contributed by atoms with van der Waals surface area (Å²) in [7, 11) is 0. The maximum atomic E-state index is 12.7. The van der Waals surface area contributed by atoms with Gasteiger partial charge < -0.3 is 15.2 Å². The minimum Gasteiger partial charge on any atom is -0.347 e. The molecule has 2 heterocycles. The van der Waals surface area contributed by atoms with Crippen LogP contribution in [0.4, 0.5) is 4.79 Å². The first-order valence-electron chi connectivity index (χ1n) is 8.46. The maximum absolute atomic E-state index is 12.7. The number of aromatic nitrogens is 2. The van der Waals surface area contributed by atoms with E-state index in [2.05, 4.69) is 22.2 Å². The molecule has 0 spiro atoms. The molecule has 1 saturated heterocycles. The largest absolute Gasteiger partial charge is 0.347 e. The number of rotatable bonds is 4. The number of nitrogens with zero attached hydrogens (tertiary/aromatic N) is 2.